The molecule has 0 aromatic heterocycles. The number of fused-ring (bicyclic) bond motifs is 2. The van der Waals surface area contributed by atoms with E-state index in [4.69, 9.17) is 4.74 Å². The van der Waals surface area contributed by atoms with Crippen LogP contribution < -0.4 is 0 Å². The maximum atomic E-state index is 12.9. The van der Waals surface area contributed by atoms with E-state index in [2.05, 4.69) is 4.90 Å². The third-order valence-corrected chi connectivity index (χ3v) is 6.62. The summed E-state index contributed by atoms with van der Waals surface area (Å²) in [7, 11) is 0. The van der Waals surface area contributed by atoms with Crippen LogP contribution in [0.15, 0.2) is 0 Å². The average molecular weight is 402 g/mol. The van der Waals surface area contributed by atoms with Crippen molar-refractivity contribution in [2.24, 2.45) is 17.3 Å². The minimum absolute atomic E-state index is 0.00402. The summed E-state index contributed by atoms with van der Waals surface area (Å²) in [4.78, 5) is 28.9. The Bertz CT molecular complexity index is 656. The number of esters is 1. The zero-order valence-corrected chi connectivity index (χ0v) is 16.7. The second-order valence-electron chi connectivity index (χ2n) is 10.1. The Balaban J connectivity index is 1.62. The summed E-state index contributed by atoms with van der Waals surface area (Å²) >= 11 is 0. The Kier molecular flexibility index (Phi) is 4.71. The monoisotopic (exact) mass is 402 g/mol. The fourth-order valence-electron chi connectivity index (χ4n) is 5.19. The lowest BCUT2D eigenvalue weighted by Crippen LogP contribution is -2.58. The number of hydrogen-bond donors (Lipinski definition) is 0. The molecular formula is C20H29F3N2O3. The molecule has 0 aromatic carbocycles. The van der Waals surface area contributed by atoms with Gasteiger partial charge in [-0.25, -0.2) is 0 Å². The van der Waals surface area contributed by atoms with Crippen LogP contribution in [0, 0.1) is 17.3 Å². The van der Waals surface area contributed by atoms with Crippen molar-refractivity contribution < 1.29 is 27.5 Å². The first-order chi connectivity index (χ1) is 12.9. The summed E-state index contributed by atoms with van der Waals surface area (Å²) in [5, 5.41) is 0. The van der Waals surface area contributed by atoms with Gasteiger partial charge in [-0.05, 0) is 58.3 Å². The predicted molar refractivity (Wildman–Crippen MR) is 95.2 cm³/mol. The van der Waals surface area contributed by atoms with Gasteiger partial charge in [-0.15, -0.1) is 0 Å². The second kappa shape index (κ2) is 6.61. The zero-order valence-electron chi connectivity index (χ0n) is 16.7. The van der Waals surface area contributed by atoms with Crippen molar-refractivity contribution in [1.29, 1.82) is 0 Å². The molecule has 1 aliphatic carbocycles. The van der Waals surface area contributed by atoms with E-state index in [1.54, 1.807) is 20.8 Å². The van der Waals surface area contributed by atoms with Crippen LogP contribution in [0.2, 0.25) is 0 Å². The highest BCUT2D eigenvalue weighted by Gasteiger charge is 2.61. The molecule has 158 valence electrons. The Morgan fingerprint density at radius 1 is 1.07 bits per heavy atom. The first kappa shape index (κ1) is 20.0. The number of nitrogens with zero attached hydrogens (tertiary/aromatic N) is 2. The minimum Gasteiger partial charge on any atom is -0.458 e. The van der Waals surface area contributed by atoms with Gasteiger partial charge < -0.3 is 9.64 Å². The fraction of sp³-hybridized carbons (Fsp3) is 0.900. The van der Waals surface area contributed by atoms with Crippen LogP contribution in [0.1, 0.15) is 52.9 Å². The maximum Gasteiger partial charge on any atom is 0.397 e. The summed E-state index contributed by atoms with van der Waals surface area (Å²) in [6.07, 6.45) is -2.53. The number of halogens is 3. The van der Waals surface area contributed by atoms with Gasteiger partial charge >= 0.3 is 12.1 Å². The molecule has 5 nitrogen and oxygen atoms in total. The molecule has 4 aliphatic rings. The Labute approximate surface area is 163 Å². The molecule has 3 aliphatic heterocycles. The maximum absolute atomic E-state index is 12.9. The lowest BCUT2D eigenvalue weighted by atomic mass is 9.86. The molecule has 0 N–H and O–H groups in total. The van der Waals surface area contributed by atoms with E-state index >= 15 is 0 Å². The first-order valence-corrected chi connectivity index (χ1v) is 10.3. The molecule has 3 bridgehead atoms. The lowest BCUT2D eigenvalue weighted by Gasteiger charge is -2.46. The van der Waals surface area contributed by atoms with E-state index < -0.39 is 36.1 Å². The highest BCUT2D eigenvalue weighted by atomic mass is 19.4. The van der Waals surface area contributed by atoms with Crippen LogP contribution in [-0.2, 0) is 14.3 Å². The second-order valence-corrected chi connectivity index (χ2v) is 10.1. The van der Waals surface area contributed by atoms with Crippen molar-refractivity contribution in [3.63, 3.8) is 0 Å². The van der Waals surface area contributed by atoms with Gasteiger partial charge in [-0.3, -0.25) is 14.5 Å². The smallest absolute Gasteiger partial charge is 0.397 e. The molecule has 0 radical (unpaired) electrons. The van der Waals surface area contributed by atoms with Crippen molar-refractivity contribution in [3.8, 4) is 0 Å². The summed E-state index contributed by atoms with van der Waals surface area (Å²) in [6, 6.07) is -0.471. The molecule has 3 heterocycles. The number of rotatable bonds is 4. The number of piperidine rings is 2. The van der Waals surface area contributed by atoms with Gasteiger partial charge in [0.2, 0.25) is 5.91 Å². The molecule has 0 spiro atoms. The molecule has 8 heteroatoms. The van der Waals surface area contributed by atoms with E-state index in [0.717, 1.165) is 19.4 Å². The normalized spacial score (nSPS) is 35.4. The van der Waals surface area contributed by atoms with Crippen LogP contribution in [0.5, 0.6) is 0 Å². The lowest BCUT2D eigenvalue weighted by molar-refractivity contribution is -0.171. The Hall–Kier alpha value is -1.31. The molecule has 4 unspecified atom stereocenters. The number of carbonyl (C=O) groups excluding carboxylic acids is 2. The summed E-state index contributed by atoms with van der Waals surface area (Å²) in [5.41, 5.74) is -0.698. The zero-order chi connectivity index (χ0) is 20.4. The predicted octanol–water partition coefficient (Wildman–Crippen LogP) is 2.98. The number of likely N-dealkylation sites (tertiary alicyclic amines) is 1. The van der Waals surface area contributed by atoms with Crippen molar-refractivity contribution in [1.82, 2.24) is 9.80 Å². The molecule has 3 saturated heterocycles. The molecule has 0 aromatic rings. The number of amides is 1. The SMILES string of the molecule is CC(C)(C)C(=O)OC1C2[C@@H]3CC(CC1N3CC1CC1)CN2C(=O)CC(F)(F)F. The molecular weight excluding hydrogens is 373 g/mol. The van der Waals surface area contributed by atoms with Crippen LogP contribution in [0.4, 0.5) is 13.2 Å². The largest absolute Gasteiger partial charge is 0.458 e. The summed E-state index contributed by atoms with van der Waals surface area (Å²) < 4.78 is 44.6. The number of alkyl halides is 3. The van der Waals surface area contributed by atoms with Crippen LogP contribution >= 0.6 is 0 Å². The number of carbonyl (C=O) groups is 2. The quantitative estimate of drug-likeness (QED) is 0.679. The van der Waals surface area contributed by atoms with E-state index in [-0.39, 0.29) is 24.0 Å². The van der Waals surface area contributed by atoms with Crippen LogP contribution in [0.3, 0.4) is 0 Å². The van der Waals surface area contributed by atoms with Crippen molar-refractivity contribution in [2.45, 2.75) is 83.3 Å². The highest BCUT2D eigenvalue weighted by Crippen LogP contribution is 2.49. The topological polar surface area (TPSA) is 49.9 Å². The minimum atomic E-state index is -4.53. The number of hydrogen-bond acceptors (Lipinski definition) is 4. The average Bonchev–Trinajstić information content (AvgIpc) is 3.34. The molecule has 1 amide bonds. The van der Waals surface area contributed by atoms with Gasteiger partial charge in [-0.2, -0.15) is 13.2 Å². The number of ether oxygens (including phenoxy) is 1. The van der Waals surface area contributed by atoms with Gasteiger partial charge in [0.25, 0.3) is 0 Å². The van der Waals surface area contributed by atoms with Crippen LogP contribution in [-0.4, -0.2) is 65.2 Å². The molecule has 4 fully saturated rings. The summed E-state index contributed by atoms with van der Waals surface area (Å²) in [5.74, 6) is -0.448. The van der Waals surface area contributed by atoms with Crippen molar-refractivity contribution in [2.75, 3.05) is 13.1 Å². The first-order valence-electron chi connectivity index (χ1n) is 10.3. The standard InChI is InChI=1S/C20H29F3N2O3/c1-19(2,3)18(27)28-17-14-7-12-6-13(24(14)9-11-4-5-11)16(17)25(10-12)15(26)8-20(21,22)23/h11-14,16-17H,4-10H2,1-3H3/t12?,13-,14?,16?,17?/m0/s1. The Morgan fingerprint density at radius 2 is 1.71 bits per heavy atom. The third-order valence-electron chi connectivity index (χ3n) is 6.62. The van der Waals surface area contributed by atoms with E-state index in [0.29, 0.717) is 12.5 Å². The van der Waals surface area contributed by atoms with E-state index in [1.807, 2.05) is 0 Å². The fourth-order valence-corrected chi connectivity index (χ4v) is 5.19. The van der Waals surface area contributed by atoms with Gasteiger partial charge in [0.1, 0.15) is 12.5 Å². The van der Waals surface area contributed by atoms with Gasteiger partial charge in [0, 0.05) is 25.2 Å². The molecule has 1 saturated carbocycles. The summed E-state index contributed by atoms with van der Waals surface area (Å²) in [6.45, 7) is 6.53. The highest BCUT2D eigenvalue weighted by molar-refractivity contribution is 5.78. The van der Waals surface area contributed by atoms with E-state index in [9.17, 15) is 22.8 Å². The van der Waals surface area contributed by atoms with Gasteiger partial charge in [0.05, 0.1) is 11.5 Å². The molecule has 4 rings (SSSR count). The third kappa shape index (κ3) is 3.76. The molecule has 5 atom stereocenters. The van der Waals surface area contributed by atoms with Crippen LogP contribution in [0.25, 0.3) is 0 Å². The Morgan fingerprint density at radius 3 is 2.29 bits per heavy atom. The van der Waals surface area contributed by atoms with Crippen molar-refractivity contribution in [3.05, 3.63) is 0 Å². The van der Waals surface area contributed by atoms with Gasteiger partial charge in [0.15, 0.2) is 0 Å². The molecule has 28 heavy (non-hydrogen) atoms. The van der Waals surface area contributed by atoms with Gasteiger partial charge in [-0.1, -0.05) is 0 Å². The van der Waals surface area contributed by atoms with E-state index in [1.165, 1.54) is 17.7 Å². The van der Waals surface area contributed by atoms with Crippen molar-refractivity contribution >= 4 is 11.9 Å².